The van der Waals surface area contributed by atoms with Gasteiger partial charge in [-0.3, -0.25) is 4.57 Å². The van der Waals surface area contributed by atoms with E-state index in [1.165, 1.54) is 10.8 Å². The Hall–Kier alpha value is -11.4. The van der Waals surface area contributed by atoms with Crippen molar-refractivity contribution in [1.29, 1.82) is 0 Å². The third-order valence-electron chi connectivity index (χ3n) is 14.9. The number of hydrogen-bond donors (Lipinski definition) is 0. The maximum absolute atomic E-state index is 6.16. The summed E-state index contributed by atoms with van der Waals surface area (Å²) in [5.74, 6) is 5.45. The average molecular weight is 1050 g/mol. The Morgan fingerprint density at radius 1 is 0.256 bits per heavy atom. The molecule has 0 saturated heterocycles. The van der Waals surface area contributed by atoms with Gasteiger partial charge >= 0.3 is 0 Å². The lowest BCUT2D eigenvalue weighted by Gasteiger charge is -2.32. The van der Waals surface area contributed by atoms with E-state index in [-0.39, 0.29) is 0 Å². The van der Waals surface area contributed by atoms with Gasteiger partial charge in [0.25, 0.3) is 0 Å². The van der Waals surface area contributed by atoms with Crippen LogP contribution in [-0.2, 0) is 0 Å². The molecule has 0 unspecified atom stereocenters. The number of ether oxygens (including phenoxy) is 1. The Bertz CT molecular complexity index is 4660. The molecular weight excluding hydrogens is 1010 g/mol. The molecule has 0 amide bonds. The second-order valence-corrected chi connectivity index (χ2v) is 19.9. The zero-order valence-electron chi connectivity index (χ0n) is 44.1. The fraction of sp³-hybridized carbons (Fsp3) is 0. The van der Waals surface area contributed by atoms with Crippen LogP contribution in [0.1, 0.15) is 0 Å². The van der Waals surface area contributed by atoms with E-state index in [9.17, 15) is 0 Å². The molecule has 0 N–H and O–H groups in total. The summed E-state index contributed by atoms with van der Waals surface area (Å²) in [5, 5.41) is 4.67. The molecule has 1 aliphatic heterocycles. The monoisotopic (exact) mass is 1050 g/mol. The van der Waals surface area contributed by atoms with Gasteiger partial charge in [0.05, 0.1) is 33.4 Å². The highest BCUT2D eigenvalue weighted by molar-refractivity contribution is 6.26. The Morgan fingerprint density at radius 3 is 1.15 bits per heavy atom. The SMILES string of the molecule is c1ccc(-c2nc(-c3ccccc3)nc(-c3ccc(N4c5ccccc5Oc5ccccc54)cc3)n2)cc1.c1ccc(-c2nc(-c3ccccc3)nc(-n3c4ccccc4c4ccc5c(c6ccccc6n5-c5ccccc5)c43)n2)cc1. The van der Waals surface area contributed by atoms with Gasteiger partial charge in [-0.05, 0) is 78.9 Å². The molecule has 0 fully saturated rings. The lowest BCUT2D eigenvalue weighted by molar-refractivity contribution is 0.477. The maximum atomic E-state index is 6.16. The van der Waals surface area contributed by atoms with Crippen molar-refractivity contribution >= 4 is 60.7 Å². The minimum Gasteiger partial charge on any atom is -0.453 e. The maximum Gasteiger partial charge on any atom is 0.238 e. The first-order valence-corrected chi connectivity index (χ1v) is 27.2. The third kappa shape index (κ3) is 8.55. The minimum absolute atomic E-state index is 0.591. The number of para-hydroxylation sites is 7. The van der Waals surface area contributed by atoms with Crippen LogP contribution in [0.2, 0.25) is 0 Å². The highest BCUT2D eigenvalue weighted by Crippen LogP contribution is 2.50. The Balaban J connectivity index is 0.000000142. The zero-order chi connectivity index (χ0) is 54.3. The fourth-order valence-corrected chi connectivity index (χ4v) is 11.1. The predicted octanol–water partition coefficient (Wildman–Crippen LogP) is 17.8. The number of anilines is 3. The van der Waals surface area contributed by atoms with Crippen LogP contribution in [0.3, 0.4) is 0 Å². The summed E-state index contributed by atoms with van der Waals surface area (Å²) < 4.78 is 10.7. The van der Waals surface area contributed by atoms with Gasteiger partial charge in [-0.15, -0.1) is 0 Å². The van der Waals surface area contributed by atoms with Crippen molar-refractivity contribution in [3.63, 3.8) is 0 Å². The molecule has 10 heteroatoms. The molecule has 0 aliphatic carbocycles. The van der Waals surface area contributed by atoms with Gasteiger partial charge in [-0.1, -0.05) is 206 Å². The quantitative estimate of drug-likeness (QED) is 0.148. The van der Waals surface area contributed by atoms with Crippen molar-refractivity contribution in [1.82, 2.24) is 39.0 Å². The molecule has 0 spiro atoms. The molecular formula is C72H47N9O. The molecule has 10 nitrogen and oxygen atoms in total. The van der Waals surface area contributed by atoms with E-state index in [2.05, 4.69) is 141 Å². The van der Waals surface area contributed by atoms with Gasteiger partial charge in [0.2, 0.25) is 5.95 Å². The van der Waals surface area contributed by atoms with E-state index in [1.54, 1.807) is 0 Å². The van der Waals surface area contributed by atoms with Crippen molar-refractivity contribution in [3.8, 4) is 80.1 Å². The molecule has 386 valence electrons. The van der Waals surface area contributed by atoms with Crippen LogP contribution in [0.15, 0.2) is 285 Å². The van der Waals surface area contributed by atoms with Gasteiger partial charge < -0.3 is 14.2 Å². The molecule has 4 aromatic heterocycles. The Kier molecular flexibility index (Phi) is 11.9. The topological polar surface area (TPSA) is 99.7 Å². The van der Waals surface area contributed by atoms with Gasteiger partial charge in [0, 0.05) is 60.7 Å². The van der Waals surface area contributed by atoms with Gasteiger partial charge in [0.1, 0.15) is 0 Å². The van der Waals surface area contributed by atoms with E-state index in [1.807, 2.05) is 158 Å². The first-order valence-electron chi connectivity index (χ1n) is 27.2. The van der Waals surface area contributed by atoms with Crippen molar-refractivity contribution < 1.29 is 4.74 Å². The van der Waals surface area contributed by atoms with E-state index in [0.29, 0.717) is 35.1 Å². The molecule has 15 aromatic rings. The summed E-state index contributed by atoms with van der Waals surface area (Å²) in [6, 6.07) is 97.0. The van der Waals surface area contributed by atoms with Crippen LogP contribution >= 0.6 is 0 Å². The van der Waals surface area contributed by atoms with Crippen molar-refractivity contribution in [3.05, 3.63) is 285 Å². The Labute approximate surface area is 472 Å². The van der Waals surface area contributed by atoms with Crippen LogP contribution < -0.4 is 9.64 Å². The first-order chi connectivity index (χ1) is 40.7. The molecule has 5 heterocycles. The number of rotatable bonds is 8. The number of fused-ring (bicyclic) bond motifs is 9. The Morgan fingerprint density at radius 2 is 0.646 bits per heavy atom. The second kappa shape index (κ2) is 20.5. The van der Waals surface area contributed by atoms with Gasteiger partial charge in [0.15, 0.2) is 40.6 Å². The number of hydrogen-bond acceptors (Lipinski definition) is 8. The zero-order valence-corrected chi connectivity index (χ0v) is 44.1. The summed E-state index contributed by atoms with van der Waals surface area (Å²) >= 11 is 0. The normalized spacial score (nSPS) is 11.7. The standard InChI is InChI=1S/C39H25N5.C33H22N4O/c1-4-14-26(15-5-1)37-40-38(27-16-6-2-7-17-27)42-39(41-37)44-32-22-12-10-20-29(32)30-24-25-34-35(36(30)44)31-21-11-13-23-33(31)43(34)28-18-8-3-9-19-28;1-3-11-23(12-4-1)31-34-32(24-13-5-2-6-14-24)36-33(35-31)25-19-21-26(22-20-25)37-27-15-7-9-17-29(27)38-30-18-10-8-16-28(30)37/h1-25H;1-22H. The summed E-state index contributed by atoms with van der Waals surface area (Å²) in [5.41, 5.74) is 13.3. The lowest BCUT2D eigenvalue weighted by Crippen LogP contribution is -2.15. The molecule has 82 heavy (non-hydrogen) atoms. The third-order valence-corrected chi connectivity index (χ3v) is 14.9. The molecule has 0 radical (unpaired) electrons. The molecule has 1 aliphatic rings. The van der Waals surface area contributed by atoms with E-state index >= 15 is 0 Å². The average Bonchev–Trinajstić information content (AvgIpc) is 3.10. The summed E-state index contributed by atoms with van der Waals surface area (Å²) in [4.78, 5) is 32.0. The van der Waals surface area contributed by atoms with Gasteiger partial charge in [-0.2, -0.15) is 9.97 Å². The molecule has 16 rings (SSSR count). The molecule has 0 bridgehead atoms. The van der Waals surface area contributed by atoms with E-state index in [0.717, 1.165) is 94.9 Å². The number of nitrogens with zero attached hydrogens (tertiary/aromatic N) is 9. The van der Waals surface area contributed by atoms with Crippen LogP contribution in [0.4, 0.5) is 17.1 Å². The molecule has 11 aromatic carbocycles. The predicted molar refractivity (Wildman–Crippen MR) is 330 cm³/mol. The van der Waals surface area contributed by atoms with Crippen molar-refractivity contribution in [2.24, 2.45) is 0 Å². The van der Waals surface area contributed by atoms with Crippen LogP contribution in [0.5, 0.6) is 11.5 Å². The van der Waals surface area contributed by atoms with Crippen molar-refractivity contribution in [2.45, 2.75) is 0 Å². The number of benzene rings is 11. The van der Waals surface area contributed by atoms with E-state index in [4.69, 9.17) is 34.6 Å². The highest BCUT2D eigenvalue weighted by Gasteiger charge is 2.26. The van der Waals surface area contributed by atoms with Crippen LogP contribution in [-0.4, -0.2) is 39.0 Å². The smallest absolute Gasteiger partial charge is 0.238 e. The highest BCUT2D eigenvalue weighted by atomic mass is 16.5. The van der Waals surface area contributed by atoms with Gasteiger partial charge in [-0.25, -0.2) is 19.9 Å². The number of aromatic nitrogens is 8. The lowest BCUT2D eigenvalue weighted by atomic mass is 10.1. The summed E-state index contributed by atoms with van der Waals surface area (Å²) in [7, 11) is 0. The summed E-state index contributed by atoms with van der Waals surface area (Å²) in [6.45, 7) is 0. The van der Waals surface area contributed by atoms with Crippen molar-refractivity contribution in [2.75, 3.05) is 4.90 Å². The minimum atomic E-state index is 0.591. The fourth-order valence-electron chi connectivity index (χ4n) is 11.1. The largest absolute Gasteiger partial charge is 0.453 e. The van der Waals surface area contributed by atoms with Crippen LogP contribution in [0, 0.1) is 0 Å². The molecule has 0 saturated carbocycles. The van der Waals surface area contributed by atoms with Crippen LogP contribution in [0.25, 0.3) is 112 Å². The molecule has 0 atom stereocenters. The summed E-state index contributed by atoms with van der Waals surface area (Å²) in [6.07, 6.45) is 0. The van der Waals surface area contributed by atoms with E-state index < -0.39 is 0 Å². The second-order valence-electron chi connectivity index (χ2n) is 19.9. The first kappa shape index (κ1) is 47.8.